The quantitative estimate of drug-likeness (QED) is 0.798. The third kappa shape index (κ3) is 2.16. The van der Waals surface area contributed by atoms with Gasteiger partial charge in [0, 0.05) is 12.0 Å². The van der Waals surface area contributed by atoms with Crippen LogP contribution < -0.4 is 0 Å². The van der Waals surface area contributed by atoms with Crippen LogP contribution in [0.25, 0.3) is 0 Å². The van der Waals surface area contributed by atoms with Crippen molar-refractivity contribution < 1.29 is 20.4 Å². The van der Waals surface area contributed by atoms with Gasteiger partial charge in [-0.2, -0.15) is 0 Å². The Morgan fingerprint density at radius 3 is 2.48 bits per heavy atom. The molecule has 1 aromatic carbocycles. The van der Waals surface area contributed by atoms with Gasteiger partial charge >= 0.3 is 0 Å². The average Bonchev–Trinajstić information content (AvgIpc) is 3.04. The average molecular weight is 287 g/mol. The third-order valence-electron chi connectivity index (χ3n) is 3.86. The normalized spacial score (nSPS) is 31.9. The molecule has 1 heterocycles. The van der Waals surface area contributed by atoms with E-state index in [0.717, 1.165) is 5.56 Å². The second kappa shape index (κ2) is 5.04. The van der Waals surface area contributed by atoms with E-state index in [1.165, 1.54) is 14.2 Å². The van der Waals surface area contributed by atoms with Crippen molar-refractivity contribution in [1.29, 1.82) is 0 Å². The van der Waals surface area contributed by atoms with Gasteiger partial charge in [-0.1, -0.05) is 30.3 Å². The van der Waals surface area contributed by atoms with Crippen molar-refractivity contribution in [2.45, 2.75) is 25.0 Å². The Labute approximate surface area is 125 Å². The molecule has 1 spiro atoms. The molecule has 0 aromatic heterocycles. The molecule has 1 aliphatic heterocycles. The third-order valence-corrected chi connectivity index (χ3v) is 3.86. The maximum absolute atomic E-state index is 12.6. The van der Waals surface area contributed by atoms with E-state index < -0.39 is 11.7 Å². The SMILES string of the molecule is [2H]C1(C)OC12C=C(Cc1ccccc1)C(=O)C(OC)=C2OC. The van der Waals surface area contributed by atoms with E-state index in [2.05, 4.69) is 0 Å². The van der Waals surface area contributed by atoms with Gasteiger partial charge < -0.3 is 14.2 Å². The minimum Gasteiger partial charge on any atom is -0.494 e. The number of epoxide rings is 1. The lowest BCUT2D eigenvalue weighted by atomic mass is 9.87. The van der Waals surface area contributed by atoms with Crippen molar-refractivity contribution >= 4 is 5.78 Å². The number of carbonyl (C=O) groups is 1. The van der Waals surface area contributed by atoms with Crippen molar-refractivity contribution in [1.82, 2.24) is 0 Å². The van der Waals surface area contributed by atoms with Crippen LogP contribution in [0.4, 0.5) is 0 Å². The Hall–Kier alpha value is -2.07. The van der Waals surface area contributed by atoms with Gasteiger partial charge in [-0.05, 0) is 18.6 Å². The molecule has 0 radical (unpaired) electrons. The molecule has 2 aliphatic rings. The highest BCUT2D eigenvalue weighted by Gasteiger charge is 2.60. The summed E-state index contributed by atoms with van der Waals surface area (Å²) in [4.78, 5) is 12.6. The molecule has 110 valence electrons. The first-order valence-electron chi connectivity index (χ1n) is 7.28. The minimum absolute atomic E-state index is 0.118. The number of ketones is 1. The summed E-state index contributed by atoms with van der Waals surface area (Å²) in [6, 6.07) is 9.69. The number of hydrogen-bond acceptors (Lipinski definition) is 4. The second-order valence-corrected chi connectivity index (χ2v) is 5.12. The molecule has 0 bridgehead atoms. The van der Waals surface area contributed by atoms with E-state index in [4.69, 9.17) is 15.6 Å². The number of rotatable bonds is 4. The summed E-state index contributed by atoms with van der Waals surface area (Å²) in [5.74, 6) is 0.168. The maximum Gasteiger partial charge on any atom is 0.227 e. The standard InChI is InChI=1S/C17H18O4/c1-11-17(21-11)10-13(9-12-7-5-4-6-8-12)14(18)15(19-2)16(17)20-3/h4-8,10-11H,9H2,1-3H3/i11D. The first-order valence-corrected chi connectivity index (χ1v) is 6.78. The number of ether oxygens (including phenoxy) is 3. The first kappa shape index (κ1) is 12.7. The number of allylic oxidation sites excluding steroid dienone is 1. The van der Waals surface area contributed by atoms with Crippen LogP contribution in [-0.2, 0) is 25.4 Å². The van der Waals surface area contributed by atoms with Gasteiger partial charge in [0.15, 0.2) is 11.4 Å². The molecule has 21 heavy (non-hydrogen) atoms. The molecular weight excluding hydrogens is 268 g/mol. The molecular formula is C17H18O4. The predicted octanol–water partition coefficient (Wildman–Crippen LogP) is 2.40. The van der Waals surface area contributed by atoms with E-state index in [1.807, 2.05) is 30.3 Å². The summed E-state index contributed by atoms with van der Waals surface area (Å²) >= 11 is 0. The lowest BCUT2D eigenvalue weighted by molar-refractivity contribution is -0.116. The van der Waals surface area contributed by atoms with Gasteiger partial charge in [0.1, 0.15) is 0 Å². The van der Waals surface area contributed by atoms with Crippen LogP contribution in [0, 0.1) is 0 Å². The smallest absolute Gasteiger partial charge is 0.227 e. The van der Waals surface area contributed by atoms with Crippen LogP contribution in [0.2, 0.25) is 0 Å². The Kier molecular flexibility index (Phi) is 3.04. The van der Waals surface area contributed by atoms with Crippen molar-refractivity contribution in [3.05, 3.63) is 59.1 Å². The van der Waals surface area contributed by atoms with Crippen LogP contribution in [0.3, 0.4) is 0 Å². The molecule has 4 nitrogen and oxygen atoms in total. The van der Waals surface area contributed by atoms with Crippen molar-refractivity contribution in [2.75, 3.05) is 14.2 Å². The van der Waals surface area contributed by atoms with E-state index in [9.17, 15) is 4.79 Å². The van der Waals surface area contributed by atoms with Crippen LogP contribution >= 0.6 is 0 Å². The van der Waals surface area contributed by atoms with Gasteiger partial charge in [0.2, 0.25) is 11.5 Å². The first-order chi connectivity index (χ1) is 10.4. The van der Waals surface area contributed by atoms with Crippen molar-refractivity contribution in [3.8, 4) is 0 Å². The largest absolute Gasteiger partial charge is 0.494 e. The summed E-state index contributed by atoms with van der Waals surface area (Å²) in [6.07, 6.45) is 1.01. The number of Topliss-reactive ketones (excluding diaryl/α,β-unsaturated/α-hetero) is 1. The zero-order valence-corrected chi connectivity index (χ0v) is 12.3. The second-order valence-electron chi connectivity index (χ2n) is 5.12. The lowest BCUT2D eigenvalue weighted by Crippen LogP contribution is -2.29. The molecule has 2 atom stereocenters. The monoisotopic (exact) mass is 287 g/mol. The highest BCUT2D eigenvalue weighted by molar-refractivity contribution is 6.09. The molecule has 0 saturated carbocycles. The fourth-order valence-electron chi connectivity index (χ4n) is 2.72. The van der Waals surface area contributed by atoms with Crippen molar-refractivity contribution in [2.24, 2.45) is 0 Å². The zero-order valence-electron chi connectivity index (χ0n) is 13.3. The lowest BCUT2D eigenvalue weighted by Gasteiger charge is -2.23. The number of hydrogen-bond donors (Lipinski definition) is 0. The summed E-state index contributed by atoms with van der Waals surface area (Å²) < 4.78 is 24.3. The number of carbonyl (C=O) groups excluding carboxylic acids is 1. The van der Waals surface area contributed by atoms with Crippen molar-refractivity contribution in [3.63, 3.8) is 0 Å². The maximum atomic E-state index is 12.6. The summed E-state index contributed by atoms with van der Waals surface area (Å²) in [6.45, 7) is 1.64. The fraction of sp³-hybridized carbons (Fsp3) is 0.353. The Balaban J connectivity index is 2.02. The molecule has 4 heteroatoms. The van der Waals surface area contributed by atoms with Gasteiger partial charge in [0.05, 0.1) is 21.7 Å². The highest BCUT2D eigenvalue weighted by atomic mass is 16.6. The van der Waals surface area contributed by atoms with Gasteiger partial charge in [0.25, 0.3) is 0 Å². The Morgan fingerprint density at radius 2 is 1.95 bits per heavy atom. The number of methoxy groups -OCH3 is 2. The molecule has 0 N–H and O–H groups in total. The molecule has 2 unspecified atom stereocenters. The minimum atomic E-state index is -1.16. The summed E-state index contributed by atoms with van der Waals surface area (Å²) in [5, 5.41) is 0. The molecule has 1 aliphatic carbocycles. The molecule has 1 saturated heterocycles. The molecule has 0 amide bonds. The Bertz CT molecular complexity index is 675. The van der Waals surface area contributed by atoms with Crippen LogP contribution in [-0.4, -0.2) is 31.7 Å². The Morgan fingerprint density at radius 1 is 1.29 bits per heavy atom. The highest BCUT2D eigenvalue weighted by Crippen LogP contribution is 2.49. The van der Waals surface area contributed by atoms with E-state index in [0.29, 0.717) is 12.0 Å². The zero-order chi connectivity index (χ0) is 16.0. The summed E-state index contributed by atoms with van der Waals surface area (Å²) in [5.41, 5.74) is 0.534. The topological polar surface area (TPSA) is 48.1 Å². The van der Waals surface area contributed by atoms with Crippen LogP contribution in [0.5, 0.6) is 0 Å². The van der Waals surface area contributed by atoms with Gasteiger partial charge in [-0.3, -0.25) is 4.79 Å². The van der Waals surface area contributed by atoms with E-state index in [-0.39, 0.29) is 17.3 Å². The summed E-state index contributed by atoms with van der Waals surface area (Å²) in [7, 11) is 2.88. The molecule has 1 aromatic rings. The molecule has 1 fully saturated rings. The van der Waals surface area contributed by atoms with Crippen LogP contribution in [0.1, 0.15) is 13.9 Å². The van der Waals surface area contributed by atoms with Gasteiger partial charge in [-0.15, -0.1) is 0 Å². The van der Waals surface area contributed by atoms with Gasteiger partial charge in [-0.25, -0.2) is 0 Å². The molecule has 3 rings (SSSR count). The van der Waals surface area contributed by atoms with E-state index in [1.54, 1.807) is 13.0 Å². The van der Waals surface area contributed by atoms with E-state index >= 15 is 0 Å². The number of benzene rings is 1. The predicted molar refractivity (Wildman–Crippen MR) is 77.6 cm³/mol. The fourth-order valence-corrected chi connectivity index (χ4v) is 2.72. The van der Waals surface area contributed by atoms with Crippen LogP contribution in [0.15, 0.2) is 53.5 Å².